The summed E-state index contributed by atoms with van der Waals surface area (Å²) in [5.41, 5.74) is 3.45. The van der Waals surface area contributed by atoms with Gasteiger partial charge < -0.3 is 10.1 Å². The molecule has 2 aromatic carbocycles. The minimum Gasteiger partial charge on any atom is -0.494 e. The van der Waals surface area contributed by atoms with Crippen LogP contribution in [0.5, 0.6) is 5.75 Å². The molecule has 0 bridgehead atoms. The zero-order valence-corrected chi connectivity index (χ0v) is 17.6. The smallest absolute Gasteiger partial charge is 0.248 e. The Morgan fingerprint density at radius 2 is 1.87 bits per heavy atom. The average molecular weight is 441 g/mol. The summed E-state index contributed by atoms with van der Waals surface area (Å²) in [5, 5.41) is 15.9. The van der Waals surface area contributed by atoms with Crippen LogP contribution in [0.25, 0.3) is 16.9 Å². The number of ether oxygens (including phenoxy) is 1. The molecule has 1 N–H and O–H groups in total. The van der Waals surface area contributed by atoms with Gasteiger partial charge in [-0.1, -0.05) is 40.4 Å². The van der Waals surface area contributed by atoms with Gasteiger partial charge in [-0.2, -0.15) is 4.68 Å². The van der Waals surface area contributed by atoms with Crippen molar-refractivity contribution in [3.63, 3.8) is 0 Å². The first-order valence-electron chi connectivity index (χ1n) is 9.31. The zero-order valence-electron chi connectivity index (χ0n) is 16.1. The molecule has 0 saturated carbocycles. The first kappa shape index (κ1) is 20.1. The number of nitrogens with one attached hydrogen (secondary N) is 1. The lowest BCUT2D eigenvalue weighted by Crippen LogP contribution is -2.09. The van der Waals surface area contributed by atoms with E-state index in [2.05, 4.69) is 25.8 Å². The summed E-state index contributed by atoms with van der Waals surface area (Å²) in [5.74, 6) is 1.27. The summed E-state index contributed by atoms with van der Waals surface area (Å²) in [7, 11) is 0. The predicted octanol–water partition coefficient (Wildman–Crippen LogP) is 5.04. The molecule has 0 aliphatic rings. The molecule has 4 rings (SSSR count). The Labute approximate surface area is 183 Å². The van der Waals surface area contributed by atoms with E-state index in [9.17, 15) is 0 Å². The third-order valence-corrected chi connectivity index (χ3v) is 5.20. The third-order valence-electron chi connectivity index (χ3n) is 4.40. The van der Waals surface area contributed by atoms with E-state index < -0.39 is 0 Å². The highest BCUT2D eigenvalue weighted by molar-refractivity contribution is 6.43. The van der Waals surface area contributed by atoms with E-state index in [1.807, 2.05) is 43.3 Å². The maximum absolute atomic E-state index is 6.32. The number of hydrogen-bond acceptors (Lipinski definition) is 6. The zero-order chi connectivity index (χ0) is 20.9. The molecule has 9 heteroatoms. The molecule has 0 amide bonds. The van der Waals surface area contributed by atoms with Crippen molar-refractivity contribution in [3.05, 3.63) is 76.4 Å². The molecular formula is C21H18Cl2N6O. The number of halogens is 2. The van der Waals surface area contributed by atoms with Gasteiger partial charge in [0.05, 0.1) is 28.0 Å². The van der Waals surface area contributed by atoms with Crippen molar-refractivity contribution in [2.45, 2.75) is 13.5 Å². The van der Waals surface area contributed by atoms with Crippen LogP contribution in [0.3, 0.4) is 0 Å². The van der Waals surface area contributed by atoms with Gasteiger partial charge in [-0.15, -0.1) is 0 Å². The topological polar surface area (TPSA) is 77.8 Å². The number of nitrogens with zero attached hydrogens (tertiary/aromatic N) is 5. The predicted molar refractivity (Wildman–Crippen MR) is 117 cm³/mol. The van der Waals surface area contributed by atoms with Gasteiger partial charge >= 0.3 is 0 Å². The first-order valence-corrected chi connectivity index (χ1v) is 10.1. The van der Waals surface area contributed by atoms with E-state index in [0.29, 0.717) is 34.8 Å². The van der Waals surface area contributed by atoms with E-state index in [1.165, 1.54) is 4.68 Å². The Hall–Kier alpha value is -3.16. The van der Waals surface area contributed by atoms with Crippen LogP contribution < -0.4 is 10.1 Å². The number of benzene rings is 2. The monoisotopic (exact) mass is 440 g/mol. The lowest BCUT2D eigenvalue weighted by molar-refractivity contribution is 0.340. The van der Waals surface area contributed by atoms with Gasteiger partial charge in [-0.3, -0.25) is 4.98 Å². The van der Waals surface area contributed by atoms with E-state index >= 15 is 0 Å². The van der Waals surface area contributed by atoms with Crippen LogP contribution in [0.15, 0.2) is 60.8 Å². The van der Waals surface area contributed by atoms with Crippen molar-refractivity contribution < 1.29 is 4.74 Å². The molecular weight excluding hydrogens is 423 g/mol. The fourth-order valence-electron chi connectivity index (χ4n) is 3.01. The summed E-state index contributed by atoms with van der Waals surface area (Å²) in [6, 6.07) is 17.1. The van der Waals surface area contributed by atoms with Crippen LogP contribution in [0.1, 0.15) is 12.5 Å². The SMILES string of the molecule is CCOc1ccc(-c2ncccc2CNc2nnnn2-c2cccc(Cl)c2Cl)cc1. The largest absolute Gasteiger partial charge is 0.494 e. The fraction of sp³-hybridized carbons (Fsp3) is 0.143. The van der Waals surface area contributed by atoms with Crippen molar-refractivity contribution >= 4 is 29.2 Å². The van der Waals surface area contributed by atoms with Crippen LogP contribution in [-0.2, 0) is 6.54 Å². The van der Waals surface area contributed by atoms with Crippen LogP contribution in [-0.4, -0.2) is 31.8 Å². The van der Waals surface area contributed by atoms with E-state index in [-0.39, 0.29) is 0 Å². The highest BCUT2D eigenvalue weighted by Crippen LogP contribution is 2.29. The second-order valence-electron chi connectivity index (χ2n) is 6.31. The molecule has 0 unspecified atom stereocenters. The molecule has 0 radical (unpaired) electrons. The lowest BCUT2D eigenvalue weighted by atomic mass is 10.1. The Bertz CT molecular complexity index is 1150. The maximum atomic E-state index is 6.32. The van der Waals surface area contributed by atoms with Gasteiger partial charge in [0.2, 0.25) is 5.95 Å². The standard InChI is InChI=1S/C21H18Cl2N6O/c1-2-30-16-10-8-14(9-11-16)20-15(5-4-12-24-20)13-25-21-26-27-28-29(21)18-7-3-6-17(22)19(18)23/h3-12H,2,13H2,1H3,(H,25,26,28). The van der Waals surface area contributed by atoms with Crippen LogP contribution >= 0.6 is 23.2 Å². The number of pyridine rings is 1. The van der Waals surface area contributed by atoms with Gasteiger partial charge in [-0.25, -0.2) is 0 Å². The van der Waals surface area contributed by atoms with Crippen LogP contribution in [0, 0.1) is 0 Å². The Morgan fingerprint density at radius 1 is 1.03 bits per heavy atom. The van der Waals surface area contributed by atoms with Crippen molar-refractivity contribution in [1.82, 2.24) is 25.2 Å². The van der Waals surface area contributed by atoms with Crippen LogP contribution in [0.4, 0.5) is 5.95 Å². The number of hydrogen-bond donors (Lipinski definition) is 1. The third kappa shape index (κ3) is 4.22. The highest BCUT2D eigenvalue weighted by Gasteiger charge is 2.14. The summed E-state index contributed by atoms with van der Waals surface area (Å²) in [6.45, 7) is 3.05. The molecule has 152 valence electrons. The minimum absolute atomic E-state index is 0.381. The summed E-state index contributed by atoms with van der Waals surface area (Å²) >= 11 is 12.4. The fourth-order valence-corrected chi connectivity index (χ4v) is 3.38. The second kappa shape index (κ2) is 9.11. The van der Waals surface area contributed by atoms with Crippen molar-refractivity contribution in [1.29, 1.82) is 0 Å². The molecule has 7 nitrogen and oxygen atoms in total. The normalized spacial score (nSPS) is 10.8. The first-order chi connectivity index (χ1) is 14.7. The van der Waals surface area contributed by atoms with Gasteiger partial charge in [0.15, 0.2) is 0 Å². The molecule has 2 aromatic heterocycles. The van der Waals surface area contributed by atoms with E-state index in [4.69, 9.17) is 27.9 Å². The molecule has 2 heterocycles. The minimum atomic E-state index is 0.381. The van der Waals surface area contributed by atoms with Crippen molar-refractivity contribution in [2.24, 2.45) is 0 Å². The molecule has 0 atom stereocenters. The van der Waals surface area contributed by atoms with Crippen molar-refractivity contribution in [3.8, 4) is 22.7 Å². The summed E-state index contributed by atoms with van der Waals surface area (Å²) in [6.07, 6.45) is 1.77. The second-order valence-corrected chi connectivity index (χ2v) is 7.09. The molecule has 0 spiro atoms. The highest BCUT2D eigenvalue weighted by atomic mass is 35.5. The molecule has 0 saturated heterocycles. The maximum Gasteiger partial charge on any atom is 0.248 e. The van der Waals surface area contributed by atoms with Gasteiger partial charge in [-0.05, 0) is 65.4 Å². The number of aromatic nitrogens is 5. The van der Waals surface area contributed by atoms with E-state index in [1.54, 1.807) is 24.4 Å². The quantitative estimate of drug-likeness (QED) is 0.433. The van der Waals surface area contributed by atoms with Crippen molar-refractivity contribution in [2.75, 3.05) is 11.9 Å². The number of tetrazole rings is 1. The lowest BCUT2D eigenvalue weighted by Gasteiger charge is -2.12. The number of anilines is 1. The molecule has 0 aliphatic heterocycles. The Morgan fingerprint density at radius 3 is 2.67 bits per heavy atom. The Kier molecular flexibility index (Phi) is 6.11. The molecule has 0 fully saturated rings. The Balaban J connectivity index is 1.58. The number of rotatable bonds is 7. The van der Waals surface area contributed by atoms with Gasteiger partial charge in [0.1, 0.15) is 5.75 Å². The average Bonchev–Trinajstić information content (AvgIpc) is 3.24. The molecule has 30 heavy (non-hydrogen) atoms. The molecule has 0 aliphatic carbocycles. The molecule has 4 aromatic rings. The van der Waals surface area contributed by atoms with Gasteiger partial charge in [0, 0.05) is 18.3 Å². The van der Waals surface area contributed by atoms with E-state index in [0.717, 1.165) is 22.6 Å². The summed E-state index contributed by atoms with van der Waals surface area (Å²) in [4.78, 5) is 4.55. The van der Waals surface area contributed by atoms with Gasteiger partial charge in [0.25, 0.3) is 0 Å². The van der Waals surface area contributed by atoms with Crippen LogP contribution in [0.2, 0.25) is 10.0 Å². The summed E-state index contributed by atoms with van der Waals surface area (Å²) < 4.78 is 7.03.